The Morgan fingerprint density at radius 3 is 1.33 bits per heavy atom. The lowest BCUT2D eigenvalue weighted by Gasteiger charge is -1.79. The van der Waals surface area contributed by atoms with Crippen molar-refractivity contribution in [3.05, 3.63) is 13.2 Å². The van der Waals surface area contributed by atoms with E-state index in [4.69, 9.17) is 0 Å². The molecule has 0 bridgehead atoms. The Kier molecular flexibility index (Phi) is 217. The Labute approximate surface area is 98.5 Å². The molecular formula is C13H33NO. The molecule has 0 unspecified atom stereocenters. The molecule has 0 rings (SSSR count). The number of ether oxygens (including phenoxy) is 1. The molecule has 0 aromatic heterocycles. The molecule has 0 N–H and O–H groups in total. The quantitative estimate of drug-likeness (QED) is 0.366. The van der Waals surface area contributed by atoms with Crippen molar-refractivity contribution in [2.45, 2.75) is 54.9 Å². The van der Waals surface area contributed by atoms with Crippen molar-refractivity contribution >= 4 is 6.40 Å². The SMILES string of the molecule is C=C.CC.CC.CCC.CCN=COC. The standard InChI is InChI=1S/C4H9NO.C3H8.2C2H6.C2H4/c1-3-5-4-6-2;1-3-2;3*1-2/h4H,3H2,1-2H3;3H2,1-2H3;2*1-2H3;1-2H2. The van der Waals surface area contributed by atoms with Crippen LogP contribution in [0.2, 0.25) is 0 Å². The maximum absolute atomic E-state index is 4.49. The Hall–Kier alpha value is -0.790. The summed E-state index contributed by atoms with van der Waals surface area (Å²) in [5.41, 5.74) is 0. The molecule has 0 fully saturated rings. The van der Waals surface area contributed by atoms with Crippen LogP contribution in [-0.2, 0) is 4.74 Å². The van der Waals surface area contributed by atoms with E-state index in [-0.39, 0.29) is 0 Å². The number of rotatable bonds is 2. The highest BCUT2D eigenvalue weighted by Gasteiger charge is 1.57. The normalized spacial score (nSPS) is 6.13. The van der Waals surface area contributed by atoms with Gasteiger partial charge in [0, 0.05) is 6.54 Å². The predicted octanol–water partition coefficient (Wildman–Crippen LogP) is 4.95. The Morgan fingerprint density at radius 1 is 1.00 bits per heavy atom. The minimum absolute atomic E-state index is 0.799. The molecular weight excluding hydrogens is 186 g/mol. The summed E-state index contributed by atoms with van der Waals surface area (Å²) in [4.78, 5) is 3.74. The van der Waals surface area contributed by atoms with Crippen LogP contribution < -0.4 is 0 Å². The van der Waals surface area contributed by atoms with Crippen LogP contribution in [0.3, 0.4) is 0 Å². The zero-order chi connectivity index (χ0) is 13.5. The summed E-state index contributed by atoms with van der Waals surface area (Å²) in [5.74, 6) is 0. The van der Waals surface area contributed by atoms with Crippen LogP contribution in [-0.4, -0.2) is 20.1 Å². The van der Waals surface area contributed by atoms with Gasteiger partial charge in [-0.05, 0) is 6.92 Å². The van der Waals surface area contributed by atoms with Crippen molar-refractivity contribution in [2.75, 3.05) is 13.7 Å². The predicted molar refractivity (Wildman–Crippen MR) is 76.0 cm³/mol. The molecule has 0 aromatic carbocycles. The second-order valence-electron chi connectivity index (χ2n) is 1.55. The van der Waals surface area contributed by atoms with Crippen molar-refractivity contribution in [3.63, 3.8) is 0 Å². The topological polar surface area (TPSA) is 21.6 Å². The molecule has 15 heavy (non-hydrogen) atoms. The number of hydrogen-bond donors (Lipinski definition) is 0. The lowest BCUT2D eigenvalue weighted by atomic mass is 10.6. The lowest BCUT2D eigenvalue weighted by Crippen LogP contribution is -1.75. The van der Waals surface area contributed by atoms with Crippen LogP contribution in [0, 0.1) is 0 Å². The molecule has 0 spiro atoms. The van der Waals surface area contributed by atoms with Gasteiger partial charge in [0.2, 0.25) is 0 Å². The van der Waals surface area contributed by atoms with Gasteiger partial charge in [-0.1, -0.05) is 48.0 Å². The summed E-state index contributed by atoms with van der Waals surface area (Å²) in [6.45, 7) is 21.0. The third-order valence-electron chi connectivity index (χ3n) is 0.363. The van der Waals surface area contributed by atoms with E-state index < -0.39 is 0 Å². The fraction of sp³-hybridized carbons (Fsp3) is 0.769. The summed E-state index contributed by atoms with van der Waals surface area (Å²) >= 11 is 0. The van der Waals surface area contributed by atoms with Crippen molar-refractivity contribution in [1.82, 2.24) is 0 Å². The van der Waals surface area contributed by atoms with E-state index in [1.807, 2.05) is 34.6 Å². The van der Waals surface area contributed by atoms with Crippen LogP contribution in [0.1, 0.15) is 54.9 Å². The van der Waals surface area contributed by atoms with Gasteiger partial charge >= 0.3 is 0 Å². The molecule has 0 aliphatic heterocycles. The van der Waals surface area contributed by atoms with E-state index in [0.29, 0.717) is 0 Å². The van der Waals surface area contributed by atoms with Gasteiger partial charge in [0.05, 0.1) is 7.11 Å². The first kappa shape index (κ1) is 29.2. The van der Waals surface area contributed by atoms with Crippen LogP contribution in [0.4, 0.5) is 0 Å². The first-order valence-corrected chi connectivity index (χ1v) is 5.84. The van der Waals surface area contributed by atoms with Gasteiger partial charge in [-0.3, -0.25) is 4.99 Å². The number of aliphatic imine (C=N–C) groups is 1. The summed E-state index contributed by atoms with van der Waals surface area (Å²) in [7, 11) is 1.58. The number of hydrogen-bond acceptors (Lipinski definition) is 2. The Bertz CT molecular complexity index is 57.6. The maximum atomic E-state index is 4.49. The smallest absolute Gasteiger partial charge is 0.168 e. The van der Waals surface area contributed by atoms with E-state index in [9.17, 15) is 0 Å². The second-order valence-corrected chi connectivity index (χ2v) is 1.55. The van der Waals surface area contributed by atoms with Crippen LogP contribution >= 0.6 is 0 Å². The molecule has 0 amide bonds. The summed E-state index contributed by atoms with van der Waals surface area (Å²) in [5, 5.41) is 0. The van der Waals surface area contributed by atoms with Gasteiger partial charge in [0.25, 0.3) is 0 Å². The summed E-state index contributed by atoms with van der Waals surface area (Å²) in [6, 6.07) is 0. The van der Waals surface area contributed by atoms with Gasteiger partial charge in [-0.15, -0.1) is 13.2 Å². The van der Waals surface area contributed by atoms with Crippen molar-refractivity contribution in [2.24, 2.45) is 4.99 Å². The molecule has 96 valence electrons. The molecule has 0 saturated heterocycles. The number of methoxy groups -OCH3 is 1. The van der Waals surface area contributed by atoms with Crippen molar-refractivity contribution in [1.29, 1.82) is 0 Å². The third kappa shape index (κ3) is 340. The third-order valence-corrected chi connectivity index (χ3v) is 0.363. The first-order valence-electron chi connectivity index (χ1n) is 5.84. The molecule has 0 radical (unpaired) electrons. The van der Waals surface area contributed by atoms with Gasteiger partial charge < -0.3 is 4.74 Å². The molecule has 0 atom stereocenters. The molecule has 2 heteroatoms. The van der Waals surface area contributed by atoms with Crippen molar-refractivity contribution < 1.29 is 4.74 Å². The fourth-order valence-corrected chi connectivity index (χ4v) is 0.149. The van der Waals surface area contributed by atoms with Crippen LogP contribution in [0.25, 0.3) is 0 Å². The van der Waals surface area contributed by atoms with Crippen LogP contribution in [0.5, 0.6) is 0 Å². The minimum Gasteiger partial charge on any atom is -0.487 e. The zero-order valence-corrected chi connectivity index (χ0v) is 12.3. The van der Waals surface area contributed by atoms with Gasteiger partial charge in [0.1, 0.15) is 0 Å². The Morgan fingerprint density at radius 2 is 1.27 bits per heavy atom. The van der Waals surface area contributed by atoms with Crippen molar-refractivity contribution in [3.8, 4) is 0 Å². The van der Waals surface area contributed by atoms with E-state index >= 15 is 0 Å². The highest BCUT2D eigenvalue weighted by molar-refractivity contribution is 5.45. The van der Waals surface area contributed by atoms with Crippen LogP contribution in [0.15, 0.2) is 18.2 Å². The summed E-state index contributed by atoms with van der Waals surface area (Å²) in [6.07, 6.45) is 2.68. The van der Waals surface area contributed by atoms with Gasteiger partial charge in [0.15, 0.2) is 6.40 Å². The van der Waals surface area contributed by atoms with Gasteiger partial charge in [-0.2, -0.15) is 0 Å². The lowest BCUT2D eigenvalue weighted by molar-refractivity contribution is 0.421. The Balaban J connectivity index is -0.0000000318. The monoisotopic (exact) mass is 219 g/mol. The van der Waals surface area contributed by atoms with E-state index in [1.165, 1.54) is 12.8 Å². The minimum atomic E-state index is 0.799. The summed E-state index contributed by atoms with van der Waals surface area (Å²) < 4.78 is 4.49. The average molecular weight is 219 g/mol. The van der Waals surface area contributed by atoms with E-state index in [0.717, 1.165) is 6.54 Å². The molecule has 0 aliphatic carbocycles. The average Bonchev–Trinajstić information content (AvgIpc) is 2.35. The van der Waals surface area contributed by atoms with Gasteiger partial charge in [-0.25, -0.2) is 0 Å². The molecule has 0 aromatic rings. The first-order chi connectivity index (χ1) is 7.33. The second kappa shape index (κ2) is 111. The fourth-order valence-electron chi connectivity index (χ4n) is 0.149. The molecule has 0 heterocycles. The van der Waals surface area contributed by atoms with E-state index in [2.05, 4.69) is 36.7 Å². The largest absolute Gasteiger partial charge is 0.487 e. The highest BCUT2D eigenvalue weighted by atomic mass is 16.5. The number of nitrogens with zero attached hydrogens (tertiary/aromatic N) is 1. The molecule has 0 saturated carbocycles. The zero-order valence-electron chi connectivity index (χ0n) is 12.3. The van der Waals surface area contributed by atoms with E-state index in [1.54, 1.807) is 7.11 Å². The maximum Gasteiger partial charge on any atom is 0.168 e. The highest BCUT2D eigenvalue weighted by Crippen LogP contribution is 1.60. The molecule has 2 nitrogen and oxygen atoms in total. The molecule has 0 aliphatic rings.